The minimum absolute atomic E-state index is 0.0344. The third-order valence-corrected chi connectivity index (χ3v) is 8.67. The maximum absolute atomic E-state index is 13.2. The number of sulfonamides is 1. The van der Waals surface area contributed by atoms with Crippen molar-refractivity contribution in [3.05, 3.63) is 62.7 Å². The molecule has 1 amide bonds. The first-order valence-electron chi connectivity index (χ1n) is 10.5. The molecule has 10 heteroatoms. The summed E-state index contributed by atoms with van der Waals surface area (Å²) in [5, 5.41) is 0.618. The van der Waals surface area contributed by atoms with Gasteiger partial charge < -0.3 is 4.90 Å². The van der Waals surface area contributed by atoms with Gasteiger partial charge in [0.25, 0.3) is 0 Å². The second-order valence-electron chi connectivity index (χ2n) is 7.74. The number of carbonyl (C=O) groups is 1. The van der Waals surface area contributed by atoms with Crippen molar-refractivity contribution in [1.29, 1.82) is 0 Å². The van der Waals surface area contributed by atoms with Gasteiger partial charge in [0.05, 0.1) is 21.5 Å². The van der Waals surface area contributed by atoms with E-state index in [1.165, 1.54) is 4.31 Å². The summed E-state index contributed by atoms with van der Waals surface area (Å²) in [7, 11) is -3.71. The predicted octanol–water partition coefficient (Wildman–Crippen LogP) is 3.20. The average Bonchev–Trinajstić information content (AvgIpc) is 3.10. The number of thiazole rings is 1. The fourth-order valence-electron chi connectivity index (χ4n) is 3.86. The number of aromatic nitrogens is 1. The van der Waals surface area contributed by atoms with Crippen LogP contribution >= 0.6 is 22.9 Å². The highest BCUT2D eigenvalue weighted by Crippen LogP contribution is 2.25. The minimum Gasteiger partial charge on any atom is -0.340 e. The van der Waals surface area contributed by atoms with Crippen molar-refractivity contribution in [2.45, 2.75) is 31.2 Å². The number of nitrogens with zero attached hydrogens (tertiary/aromatic N) is 3. The SMILES string of the molecule is CCCn1c(=O)sc2cc(S(=O)(=O)N3CCN(C(=O)Cc4ccc(Cl)cc4)CC3)ccc21. The Labute approximate surface area is 195 Å². The van der Waals surface area contributed by atoms with Crippen LogP contribution in [0.5, 0.6) is 0 Å². The fourth-order valence-corrected chi connectivity index (χ4v) is 6.46. The first-order chi connectivity index (χ1) is 15.3. The van der Waals surface area contributed by atoms with E-state index in [1.807, 2.05) is 19.1 Å². The summed E-state index contributed by atoms with van der Waals surface area (Å²) in [5.74, 6) is -0.0344. The summed E-state index contributed by atoms with van der Waals surface area (Å²) in [6, 6.07) is 12.0. The molecule has 2 aromatic carbocycles. The molecule has 1 aromatic heterocycles. The van der Waals surface area contributed by atoms with Crippen LogP contribution in [-0.4, -0.2) is 54.3 Å². The standard InChI is InChI=1S/C22H24ClN3O4S2/c1-2-9-26-19-8-7-18(15-20(19)31-22(26)28)32(29,30)25-12-10-24(11-13-25)21(27)14-16-3-5-17(23)6-4-16/h3-8,15H,2,9-14H2,1H3. The Morgan fingerprint density at radius 2 is 1.75 bits per heavy atom. The number of piperazine rings is 1. The van der Waals surface area contributed by atoms with Gasteiger partial charge >= 0.3 is 4.87 Å². The van der Waals surface area contributed by atoms with Crippen molar-refractivity contribution in [3.63, 3.8) is 0 Å². The third kappa shape index (κ3) is 4.61. The van der Waals surface area contributed by atoms with E-state index < -0.39 is 10.0 Å². The molecule has 3 aromatic rings. The first kappa shape index (κ1) is 23.0. The molecule has 1 aliphatic heterocycles. The summed E-state index contributed by atoms with van der Waals surface area (Å²) in [4.78, 5) is 26.6. The Kier molecular flexibility index (Phi) is 6.71. The van der Waals surface area contributed by atoms with Gasteiger partial charge in [-0.2, -0.15) is 4.31 Å². The summed E-state index contributed by atoms with van der Waals surface area (Å²) in [5.41, 5.74) is 1.63. The van der Waals surface area contributed by atoms with Crippen molar-refractivity contribution in [2.75, 3.05) is 26.2 Å². The van der Waals surface area contributed by atoms with E-state index >= 15 is 0 Å². The topological polar surface area (TPSA) is 79.7 Å². The van der Waals surface area contributed by atoms with Gasteiger partial charge in [0.1, 0.15) is 0 Å². The number of hydrogen-bond donors (Lipinski definition) is 0. The van der Waals surface area contributed by atoms with Gasteiger partial charge in [-0.3, -0.25) is 14.2 Å². The number of rotatable bonds is 6. The van der Waals surface area contributed by atoms with Crippen molar-refractivity contribution >= 4 is 49.1 Å². The maximum Gasteiger partial charge on any atom is 0.308 e. The van der Waals surface area contributed by atoms with Crippen LogP contribution in [0.2, 0.25) is 5.02 Å². The molecule has 0 N–H and O–H groups in total. The lowest BCUT2D eigenvalue weighted by molar-refractivity contribution is -0.131. The molecule has 32 heavy (non-hydrogen) atoms. The molecule has 7 nitrogen and oxygen atoms in total. The normalized spacial score (nSPS) is 15.4. The lowest BCUT2D eigenvalue weighted by Crippen LogP contribution is -2.50. The van der Waals surface area contributed by atoms with E-state index in [2.05, 4.69) is 0 Å². The average molecular weight is 494 g/mol. The molecule has 170 valence electrons. The van der Waals surface area contributed by atoms with Crippen LogP contribution in [0, 0.1) is 0 Å². The highest BCUT2D eigenvalue weighted by atomic mass is 35.5. The quantitative estimate of drug-likeness (QED) is 0.528. The maximum atomic E-state index is 13.2. The zero-order valence-corrected chi connectivity index (χ0v) is 20.0. The molecule has 0 atom stereocenters. The molecule has 4 rings (SSSR count). The third-order valence-electron chi connectivity index (χ3n) is 5.58. The smallest absolute Gasteiger partial charge is 0.308 e. The Balaban J connectivity index is 1.45. The van der Waals surface area contributed by atoms with Gasteiger partial charge in [-0.1, -0.05) is 42.0 Å². The van der Waals surface area contributed by atoms with E-state index in [0.717, 1.165) is 28.8 Å². The molecular formula is C22H24ClN3O4S2. The molecule has 0 saturated carbocycles. The van der Waals surface area contributed by atoms with Crippen LogP contribution in [0.1, 0.15) is 18.9 Å². The molecular weight excluding hydrogens is 470 g/mol. The van der Waals surface area contributed by atoms with Gasteiger partial charge in [-0.25, -0.2) is 8.42 Å². The Bertz CT molecular complexity index is 1290. The predicted molar refractivity (Wildman–Crippen MR) is 127 cm³/mol. The lowest BCUT2D eigenvalue weighted by atomic mass is 10.1. The lowest BCUT2D eigenvalue weighted by Gasteiger charge is -2.34. The first-order valence-corrected chi connectivity index (χ1v) is 13.1. The number of amides is 1. The van der Waals surface area contributed by atoms with Crippen LogP contribution in [0.25, 0.3) is 10.2 Å². The Morgan fingerprint density at radius 3 is 2.41 bits per heavy atom. The second-order valence-corrected chi connectivity index (χ2v) is 11.1. The van der Waals surface area contributed by atoms with Crippen molar-refractivity contribution < 1.29 is 13.2 Å². The van der Waals surface area contributed by atoms with Crippen LogP contribution in [0.4, 0.5) is 0 Å². The van der Waals surface area contributed by atoms with Crippen molar-refractivity contribution in [1.82, 2.24) is 13.8 Å². The zero-order valence-electron chi connectivity index (χ0n) is 17.7. The highest BCUT2D eigenvalue weighted by Gasteiger charge is 2.30. The van der Waals surface area contributed by atoms with Crippen LogP contribution in [-0.2, 0) is 27.8 Å². The van der Waals surface area contributed by atoms with Gasteiger partial charge in [0.15, 0.2) is 0 Å². The van der Waals surface area contributed by atoms with Gasteiger partial charge in [0.2, 0.25) is 15.9 Å². The second kappa shape index (κ2) is 9.35. The largest absolute Gasteiger partial charge is 0.340 e. The molecule has 1 aliphatic rings. The molecule has 2 heterocycles. The van der Waals surface area contributed by atoms with Crippen LogP contribution in [0.3, 0.4) is 0 Å². The monoisotopic (exact) mass is 493 g/mol. The number of aryl methyl sites for hydroxylation is 1. The van der Waals surface area contributed by atoms with Gasteiger partial charge in [0, 0.05) is 37.7 Å². The van der Waals surface area contributed by atoms with E-state index in [-0.39, 0.29) is 35.2 Å². The summed E-state index contributed by atoms with van der Waals surface area (Å²) in [6.07, 6.45) is 1.08. The molecule has 0 aliphatic carbocycles. The molecule has 1 saturated heterocycles. The van der Waals surface area contributed by atoms with E-state index in [4.69, 9.17) is 11.6 Å². The van der Waals surface area contributed by atoms with E-state index in [9.17, 15) is 18.0 Å². The molecule has 0 bridgehead atoms. The number of hydrogen-bond acceptors (Lipinski definition) is 5. The van der Waals surface area contributed by atoms with Crippen molar-refractivity contribution in [2.24, 2.45) is 0 Å². The molecule has 0 unspecified atom stereocenters. The van der Waals surface area contributed by atoms with E-state index in [0.29, 0.717) is 29.4 Å². The minimum atomic E-state index is -3.71. The molecule has 1 fully saturated rings. The summed E-state index contributed by atoms with van der Waals surface area (Å²) < 4.78 is 30.1. The number of fused-ring (bicyclic) bond motifs is 1. The van der Waals surface area contributed by atoms with Gasteiger partial charge in [-0.05, 0) is 42.3 Å². The number of carbonyl (C=O) groups excluding carboxylic acids is 1. The number of halogens is 1. The Hall–Kier alpha value is -2.20. The van der Waals surface area contributed by atoms with Gasteiger partial charge in [-0.15, -0.1) is 0 Å². The van der Waals surface area contributed by atoms with Crippen LogP contribution in [0.15, 0.2) is 52.2 Å². The zero-order chi connectivity index (χ0) is 22.9. The summed E-state index contributed by atoms with van der Waals surface area (Å²) in [6.45, 7) is 3.76. The highest BCUT2D eigenvalue weighted by molar-refractivity contribution is 7.89. The molecule has 0 radical (unpaired) electrons. The van der Waals surface area contributed by atoms with Crippen LogP contribution < -0.4 is 4.87 Å². The number of benzene rings is 2. The molecule has 0 spiro atoms. The summed E-state index contributed by atoms with van der Waals surface area (Å²) >= 11 is 6.95. The Morgan fingerprint density at radius 1 is 1.06 bits per heavy atom. The van der Waals surface area contributed by atoms with E-state index in [1.54, 1.807) is 39.8 Å². The van der Waals surface area contributed by atoms with Crippen molar-refractivity contribution in [3.8, 4) is 0 Å². The fraction of sp³-hybridized carbons (Fsp3) is 0.364.